The number of alkyl halides is 1. The van der Waals surface area contributed by atoms with Gasteiger partial charge in [-0.25, -0.2) is 4.39 Å². The fourth-order valence-corrected chi connectivity index (χ4v) is 1.49. The second-order valence-corrected chi connectivity index (χ2v) is 3.41. The van der Waals surface area contributed by atoms with E-state index in [1.807, 2.05) is 18.2 Å². The van der Waals surface area contributed by atoms with E-state index in [1.54, 1.807) is 0 Å². The molecule has 1 heterocycles. The number of fused-ring (bicyclic) bond motifs is 1. The first-order chi connectivity index (χ1) is 5.81. The smallest absolute Gasteiger partial charge is 0.131 e. The minimum absolute atomic E-state index is 0.502. The third-order valence-electron chi connectivity index (χ3n) is 1.73. The van der Waals surface area contributed by atoms with Crippen LogP contribution in [-0.4, -0.2) is 10.2 Å². The van der Waals surface area contributed by atoms with Gasteiger partial charge in [-0.3, -0.25) is 5.10 Å². The largest absolute Gasteiger partial charge is 0.279 e. The quantitative estimate of drug-likeness (QED) is 0.800. The number of benzene rings is 1. The van der Waals surface area contributed by atoms with Crippen molar-refractivity contribution in [2.75, 3.05) is 0 Å². The van der Waals surface area contributed by atoms with Crippen LogP contribution < -0.4 is 0 Å². The number of hydrogen-bond acceptors (Lipinski definition) is 1. The van der Waals surface area contributed by atoms with E-state index >= 15 is 0 Å². The summed E-state index contributed by atoms with van der Waals surface area (Å²) in [6.07, 6.45) is 0. The zero-order chi connectivity index (χ0) is 8.55. The number of aromatic amines is 1. The zero-order valence-electron chi connectivity index (χ0n) is 6.14. The van der Waals surface area contributed by atoms with Gasteiger partial charge in [0.1, 0.15) is 6.67 Å². The van der Waals surface area contributed by atoms with Crippen LogP contribution >= 0.6 is 15.9 Å². The van der Waals surface area contributed by atoms with Crippen molar-refractivity contribution < 1.29 is 4.39 Å². The molecule has 0 atom stereocenters. The van der Waals surface area contributed by atoms with Crippen molar-refractivity contribution in [1.82, 2.24) is 10.2 Å². The van der Waals surface area contributed by atoms with Gasteiger partial charge in [0, 0.05) is 9.86 Å². The average Bonchev–Trinajstić information content (AvgIpc) is 2.46. The molecule has 0 saturated heterocycles. The third kappa shape index (κ3) is 1.12. The van der Waals surface area contributed by atoms with Gasteiger partial charge in [-0.15, -0.1) is 0 Å². The maximum absolute atomic E-state index is 12.3. The summed E-state index contributed by atoms with van der Waals surface area (Å²) in [6.45, 7) is -0.502. The first kappa shape index (κ1) is 7.73. The SMILES string of the molecule is FCc1[nH]nc2cc(Br)ccc12. The molecule has 1 N–H and O–H groups in total. The zero-order valence-corrected chi connectivity index (χ0v) is 7.73. The Hall–Kier alpha value is -0.900. The highest BCUT2D eigenvalue weighted by molar-refractivity contribution is 9.10. The summed E-state index contributed by atoms with van der Waals surface area (Å²) in [5.74, 6) is 0. The van der Waals surface area contributed by atoms with E-state index in [2.05, 4.69) is 26.1 Å². The van der Waals surface area contributed by atoms with E-state index in [0.717, 1.165) is 15.4 Å². The molecule has 0 saturated carbocycles. The molecule has 12 heavy (non-hydrogen) atoms. The Kier molecular flexibility index (Phi) is 1.84. The van der Waals surface area contributed by atoms with Crippen molar-refractivity contribution in [3.8, 4) is 0 Å². The molecule has 1 aromatic carbocycles. The number of nitrogens with zero attached hydrogens (tertiary/aromatic N) is 1. The van der Waals surface area contributed by atoms with Crippen molar-refractivity contribution >= 4 is 26.8 Å². The summed E-state index contributed by atoms with van der Waals surface area (Å²) in [6, 6.07) is 5.57. The molecular formula is C8H6BrFN2. The summed E-state index contributed by atoms with van der Waals surface area (Å²) in [5, 5.41) is 7.45. The summed E-state index contributed by atoms with van der Waals surface area (Å²) >= 11 is 3.32. The lowest BCUT2D eigenvalue weighted by Gasteiger charge is -1.90. The molecule has 0 amide bonds. The van der Waals surface area contributed by atoms with Crippen LogP contribution in [0, 0.1) is 0 Å². The van der Waals surface area contributed by atoms with Crippen molar-refractivity contribution in [2.24, 2.45) is 0 Å². The third-order valence-corrected chi connectivity index (χ3v) is 2.22. The predicted molar refractivity (Wildman–Crippen MR) is 48.6 cm³/mol. The molecule has 0 aliphatic carbocycles. The Morgan fingerprint density at radius 3 is 3.08 bits per heavy atom. The normalized spacial score (nSPS) is 10.8. The second kappa shape index (κ2) is 2.86. The number of hydrogen-bond donors (Lipinski definition) is 1. The van der Waals surface area contributed by atoms with Crippen LogP contribution in [0.4, 0.5) is 4.39 Å². The van der Waals surface area contributed by atoms with Gasteiger partial charge in [-0.1, -0.05) is 15.9 Å². The summed E-state index contributed by atoms with van der Waals surface area (Å²) in [4.78, 5) is 0. The van der Waals surface area contributed by atoms with Crippen LogP contribution in [0.1, 0.15) is 5.69 Å². The second-order valence-electron chi connectivity index (χ2n) is 2.50. The Bertz CT molecular complexity index is 410. The Labute approximate surface area is 76.9 Å². The summed E-state index contributed by atoms with van der Waals surface area (Å²) in [5.41, 5.74) is 1.33. The molecule has 0 radical (unpaired) electrons. The van der Waals surface area contributed by atoms with Crippen molar-refractivity contribution in [3.05, 3.63) is 28.4 Å². The summed E-state index contributed by atoms with van der Waals surface area (Å²) in [7, 11) is 0. The molecule has 62 valence electrons. The van der Waals surface area contributed by atoms with Crippen LogP contribution in [0.3, 0.4) is 0 Å². The van der Waals surface area contributed by atoms with E-state index in [0.29, 0.717) is 5.69 Å². The first-order valence-electron chi connectivity index (χ1n) is 3.50. The Balaban J connectivity index is 2.73. The van der Waals surface area contributed by atoms with E-state index in [1.165, 1.54) is 0 Å². The van der Waals surface area contributed by atoms with Gasteiger partial charge in [0.2, 0.25) is 0 Å². The highest BCUT2D eigenvalue weighted by Gasteiger charge is 2.03. The van der Waals surface area contributed by atoms with E-state index in [9.17, 15) is 4.39 Å². The molecule has 0 aliphatic rings. The molecule has 2 nitrogen and oxygen atoms in total. The molecule has 2 rings (SSSR count). The fraction of sp³-hybridized carbons (Fsp3) is 0.125. The van der Waals surface area contributed by atoms with Gasteiger partial charge in [0.25, 0.3) is 0 Å². The summed E-state index contributed by atoms with van der Waals surface area (Å²) < 4.78 is 13.3. The van der Waals surface area contributed by atoms with Gasteiger partial charge in [-0.05, 0) is 18.2 Å². The maximum Gasteiger partial charge on any atom is 0.131 e. The lowest BCUT2D eigenvalue weighted by atomic mass is 10.2. The maximum atomic E-state index is 12.3. The lowest BCUT2D eigenvalue weighted by Crippen LogP contribution is -1.77. The van der Waals surface area contributed by atoms with Gasteiger partial charge in [-0.2, -0.15) is 5.10 Å². The van der Waals surface area contributed by atoms with Gasteiger partial charge >= 0.3 is 0 Å². The van der Waals surface area contributed by atoms with Crippen LogP contribution in [0.2, 0.25) is 0 Å². The van der Waals surface area contributed by atoms with E-state index < -0.39 is 6.67 Å². The standard InChI is InChI=1S/C8H6BrFN2/c9-5-1-2-6-7(3-5)11-12-8(6)4-10/h1-3H,4H2,(H,11,12). The Morgan fingerprint density at radius 2 is 2.33 bits per heavy atom. The number of aromatic nitrogens is 2. The lowest BCUT2D eigenvalue weighted by molar-refractivity contribution is 0.477. The molecule has 0 unspecified atom stereocenters. The molecule has 4 heteroatoms. The van der Waals surface area contributed by atoms with Crippen LogP contribution in [0.25, 0.3) is 10.9 Å². The fourth-order valence-electron chi connectivity index (χ4n) is 1.14. The van der Waals surface area contributed by atoms with E-state index in [4.69, 9.17) is 0 Å². The molecule has 2 aromatic rings. The monoisotopic (exact) mass is 228 g/mol. The van der Waals surface area contributed by atoms with Crippen LogP contribution in [-0.2, 0) is 6.67 Å². The van der Waals surface area contributed by atoms with Gasteiger partial charge in [0.15, 0.2) is 0 Å². The highest BCUT2D eigenvalue weighted by atomic mass is 79.9. The first-order valence-corrected chi connectivity index (χ1v) is 4.29. The van der Waals surface area contributed by atoms with Crippen LogP contribution in [0.5, 0.6) is 0 Å². The average molecular weight is 229 g/mol. The molecule has 0 fully saturated rings. The van der Waals surface area contributed by atoms with Gasteiger partial charge < -0.3 is 0 Å². The minimum Gasteiger partial charge on any atom is -0.279 e. The molecular weight excluding hydrogens is 223 g/mol. The predicted octanol–water partition coefficient (Wildman–Crippen LogP) is 2.79. The van der Waals surface area contributed by atoms with Crippen molar-refractivity contribution in [3.63, 3.8) is 0 Å². The molecule has 0 aliphatic heterocycles. The Morgan fingerprint density at radius 1 is 1.50 bits per heavy atom. The number of H-pyrrole nitrogens is 1. The van der Waals surface area contributed by atoms with Crippen molar-refractivity contribution in [1.29, 1.82) is 0 Å². The van der Waals surface area contributed by atoms with E-state index in [-0.39, 0.29) is 0 Å². The number of halogens is 2. The molecule has 0 bridgehead atoms. The molecule has 1 aromatic heterocycles. The van der Waals surface area contributed by atoms with Gasteiger partial charge in [0.05, 0.1) is 11.2 Å². The minimum atomic E-state index is -0.502. The van der Waals surface area contributed by atoms with Crippen molar-refractivity contribution in [2.45, 2.75) is 6.67 Å². The topological polar surface area (TPSA) is 28.7 Å². The van der Waals surface area contributed by atoms with Crippen LogP contribution in [0.15, 0.2) is 22.7 Å². The highest BCUT2D eigenvalue weighted by Crippen LogP contribution is 2.20. The number of nitrogens with one attached hydrogen (secondary N) is 1. The molecule has 0 spiro atoms. The number of rotatable bonds is 1.